The molecule has 3 aromatic rings. The van der Waals surface area contributed by atoms with Crippen LogP contribution in [0.3, 0.4) is 0 Å². The number of halogens is 1. The first kappa shape index (κ1) is 17.7. The molecule has 0 aromatic heterocycles. The summed E-state index contributed by atoms with van der Waals surface area (Å²) in [5.41, 5.74) is 1.91. The minimum atomic E-state index is 0.222. The summed E-state index contributed by atoms with van der Waals surface area (Å²) in [6.07, 6.45) is 5.26. The number of hydrogen-bond acceptors (Lipinski definition) is 3. The number of para-hydroxylation sites is 1. The molecule has 0 aliphatic heterocycles. The second kappa shape index (κ2) is 8.84. The number of benzene rings is 3. The average Bonchev–Trinajstić information content (AvgIpc) is 2.67. The van der Waals surface area contributed by atoms with Crippen LogP contribution in [0.5, 0.6) is 17.2 Å². The lowest BCUT2D eigenvalue weighted by molar-refractivity contribution is 0.366. The molecule has 0 aliphatic rings. The summed E-state index contributed by atoms with van der Waals surface area (Å²) in [7, 11) is 0. The van der Waals surface area contributed by atoms with Crippen molar-refractivity contribution in [3.63, 3.8) is 0 Å². The fourth-order valence-electron chi connectivity index (χ4n) is 2.41. The van der Waals surface area contributed by atoms with Crippen molar-refractivity contribution in [3.05, 3.63) is 83.4 Å². The molecule has 0 saturated carbocycles. The molecule has 0 spiro atoms. The van der Waals surface area contributed by atoms with E-state index in [1.165, 1.54) is 0 Å². The second-order valence-electron chi connectivity index (χ2n) is 5.54. The number of ether oxygens (including phenoxy) is 2. The van der Waals surface area contributed by atoms with E-state index in [4.69, 9.17) is 27.5 Å². The fourth-order valence-corrected chi connectivity index (χ4v) is 2.60. The molecule has 0 saturated heterocycles. The molecule has 4 heteroatoms. The molecule has 3 rings (SSSR count). The standard InChI is InChI=1S/C22H18ClNO2/c1-2-14-25-22-13-8-18(23)15-17(22)16-24-19-9-11-21(12-10-19)26-20-6-4-3-5-7-20/h1,3-13,15,24H,14,16H2. The quantitative estimate of drug-likeness (QED) is 0.541. The lowest BCUT2D eigenvalue weighted by Gasteiger charge is -2.12. The van der Waals surface area contributed by atoms with E-state index in [1.807, 2.05) is 66.7 Å². The average molecular weight is 364 g/mol. The van der Waals surface area contributed by atoms with E-state index in [9.17, 15) is 0 Å². The molecule has 0 bridgehead atoms. The first-order valence-corrected chi connectivity index (χ1v) is 8.54. The first-order valence-electron chi connectivity index (χ1n) is 8.16. The van der Waals surface area contributed by atoms with E-state index in [0.717, 1.165) is 28.5 Å². The Kier molecular flexibility index (Phi) is 6.03. The van der Waals surface area contributed by atoms with Gasteiger partial charge in [-0.15, -0.1) is 6.42 Å². The minimum absolute atomic E-state index is 0.222. The van der Waals surface area contributed by atoms with Crippen LogP contribution in [-0.2, 0) is 6.54 Å². The fraction of sp³-hybridized carbons (Fsp3) is 0.0909. The predicted octanol–water partition coefficient (Wildman–Crippen LogP) is 5.76. The molecular weight excluding hydrogens is 346 g/mol. The van der Waals surface area contributed by atoms with E-state index in [1.54, 1.807) is 6.07 Å². The van der Waals surface area contributed by atoms with Crippen LogP contribution in [0.25, 0.3) is 0 Å². The van der Waals surface area contributed by atoms with Crippen LogP contribution in [0.2, 0.25) is 5.02 Å². The first-order chi connectivity index (χ1) is 12.7. The Labute approximate surface area is 158 Å². The van der Waals surface area contributed by atoms with Crippen molar-refractivity contribution >= 4 is 17.3 Å². The maximum atomic E-state index is 6.09. The van der Waals surface area contributed by atoms with Crippen molar-refractivity contribution in [2.75, 3.05) is 11.9 Å². The summed E-state index contributed by atoms with van der Waals surface area (Å²) in [4.78, 5) is 0. The molecule has 3 aromatic carbocycles. The topological polar surface area (TPSA) is 30.5 Å². The summed E-state index contributed by atoms with van der Waals surface area (Å²) in [6.45, 7) is 0.791. The second-order valence-corrected chi connectivity index (χ2v) is 5.97. The van der Waals surface area contributed by atoms with Gasteiger partial charge in [0.2, 0.25) is 0 Å². The zero-order chi connectivity index (χ0) is 18.2. The Bertz CT molecular complexity index is 886. The van der Waals surface area contributed by atoms with Gasteiger partial charge in [0.05, 0.1) is 0 Å². The number of hydrogen-bond donors (Lipinski definition) is 1. The highest BCUT2D eigenvalue weighted by Crippen LogP contribution is 2.26. The molecule has 0 fully saturated rings. The van der Waals surface area contributed by atoms with Gasteiger partial charge < -0.3 is 14.8 Å². The summed E-state index contributed by atoms with van der Waals surface area (Å²) in [5, 5.41) is 4.00. The normalized spacial score (nSPS) is 10.0. The zero-order valence-electron chi connectivity index (χ0n) is 14.1. The van der Waals surface area contributed by atoms with E-state index >= 15 is 0 Å². The van der Waals surface area contributed by atoms with Crippen LogP contribution in [0.1, 0.15) is 5.56 Å². The minimum Gasteiger partial charge on any atom is -0.481 e. The molecule has 0 aliphatic carbocycles. The van der Waals surface area contributed by atoms with Crippen LogP contribution in [0.4, 0.5) is 5.69 Å². The van der Waals surface area contributed by atoms with Gasteiger partial charge in [0, 0.05) is 22.8 Å². The molecule has 3 nitrogen and oxygen atoms in total. The lowest BCUT2D eigenvalue weighted by atomic mass is 10.2. The molecule has 0 unspecified atom stereocenters. The molecule has 1 N–H and O–H groups in total. The molecule has 0 atom stereocenters. The molecule has 130 valence electrons. The van der Waals surface area contributed by atoms with Crippen molar-refractivity contribution in [2.45, 2.75) is 6.54 Å². The Hall–Kier alpha value is -3.09. The lowest BCUT2D eigenvalue weighted by Crippen LogP contribution is -2.03. The van der Waals surface area contributed by atoms with Gasteiger partial charge in [0.15, 0.2) is 0 Å². The summed E-state index contributed by atoms with van der Waals surface area (Å²) >= 11 is 6.09. The van der Waals surface area contributed by atoms with Gasteiger partial charge in [-0.1, -0.05) is 35.7 Å². The Morgan fingerprint density at radius 3 is 2.38 bits per heavy atom. The van der Waals surface area contributed by atoms with Crippen LogP contribution in [0, 0.1) is 12.3 Å². The third-order valence-electron chi connectivity index (χ3n) is 3.65. The summed E-state index contributed by atoms with van der Waals surface area (Å²) < 4.78 is 11.4. The summed E-state index contributed by atoms with van der Waals surface area (Å²) in [6, 6.07) is 22.9. The van der Waals surface area contributed by atoms with Crippen LogP contribution >= 0.6 is 11.6 Å². The van der Waals surface area contributed by atoms with E-state index in [-0.39, 0.29) is 6.61 Å². The van der Waals surface area contributed by atoms with Crippen LogP contribution in [-0.4, -0.2) is 6.61 Å². The molecular formula is C22H18ClNO2. The van der Waals surface area contributed by atoms with E-state index in [0.29, 0.717) is 11.6 Å². The van der Waals surface area contributed by atoms with Crippen molar-refractivity contribution in [1.82, 2.24) is 0 Å². The molecule has 0 heterocycles. The van der Waals surface area contributed by atoms with Gasteiger partial charge in [-0.05, 0) is 54.6 Å². The third kappa shape index (κ3) is 4.95. The third-order valence-corrected chi connectivity index (χ3v) is 3.88. The SMILES string of the molecule is C#CCOc1ccc(Cl)cc1CNc1ccc(Oc2ccccc2)cc1. The highest BCUT2D eigenvalue weighted by Gasteiger charge is 2.05. The Balaban J connectivity index is 1.63. The van der Waals surface area contributed by atoms with Crippen LogP contribution in [0.15, 0.2) is 72.8 Å². The highest BCUT2D eigenvalue weighted by molar-refractivity contribution is 6.30. The van der Waals surface area contributed by atoms with Gasteiger partial charge in [-0.3, -0.25) is 0 Å². The van der Waals surface area contributed by atoms with Gasteiger partial charge in [0.1, 0.15) is 23.9 Å². The molecule has 0 radical (unpaired) electrons. The largest absolute Gasteiger partial charge is 0.481 e. The predicted molar refractivity (Wildman–Crippen MR) is 106 cm³/mol. The van der Waals surface area contributed by atoms with Crippen molar-refractivity contribution in [3.8, 4) is 29.6 Å². The number of rotatable bonds is 7. The van der Waals surface area contributed by atoms with Crippen molar-refractivity contribution in [1.29, 1.82) is 0 Å². The van der Waals surface area contributed by atoms with Crippen molar-refractivity contribution < 1.29 is 9.47 Å². The van der Waals surface area contributed by atoms with Gasteiger partial charge in [0.25, 0.3) is 0 Å². The maximum absolute atomic E-state index is 6.09. The smallest absolute Gasteiger partial charge is 0.148 e. The maximum Gasteiger partial charge on any atom is 0.148 e. The molecule has 0 amide bonds. The number of anilines is 1. The van der Waals surface area contributed by atoms with Crippen molar-refractivity contribution in [2.24, 2.45) is 0 Å². The van der Waals surface area contributed by atoms with E-state index < -0.39 is 0 Å². The van der Waals surface area contributed by atoms with Crippen LogP contribution < -0.4 is 14.8 Å². The number of terminal acetylenes is 1. The highest BCUT2D eigenvalue weighted by atomic mass is 35.5. The zero-order valence-corrected chi connectivity index (χ0v) is 14.9. The Morgan fingerprint density at radius 2 is 1.65 bits per heavy atom. The van der Waals surface area contributed by atoms with Gasteiger partial charge in [-0.25, -0.2) is 0 Å². The summed E-state index contributed by atoms with van der Waals surface area (Å²) in [5.74, 6) is 4.78. The van der Waals surface area contributed by atoms with E-state index in [2.05, 4.69) is 11.2 Å². The van der Waals surface area contributed by atoms with Gasteiger partial charge in [-0.2, -0.15) is 0 Å². The monoisotopic (exact) mass is 363 g/mol. The number of nitrogens with one attached hydrogen (secondary N) is 1. The molecule has 26 heavy (non-hydrogen) atoms. The Morgan fingerprint density at radius 1 is 0.923 bits per heavy atom. The van der Waals surface area contributed by atoms with Gasteiger partial charge >= 0.3 is 0 Å².